The zero-order valence-corrected chi connectivity index (χ0v) is 64.7. The lowest BCUT2D eigenvalue weighted by molar-refractivity contribution is 0.0146. The molecule has 0 radical (unpaired) electrons. The van der Waals surface area contributed by atoms with Gasteiger partial charge in [0.15, 0.2) is 5.90 Å². The Kier molecular flexibility index (Phi) is 90.0. The number of ether oxygens (including phenoxy) is 1. The summed E-state index contributed by atoms with van der Waals surface area (Å²) in [7, 11) is 0. The lowest BCUT2D eigenvalue weighted by Crippen LogP contribution is -2.32. The molecule has 0 amide bonds. The summed E-state index contributed by atoms with van der Waals surface area (Å²) < 4.78 is 5.29. The Bertz CT molecular complexity index is 1410. The molecule has 3 N–H and O–H groups in total. The smallest absolute Gasteiger partial charge is 0.185 e. The number of hydrogen-bond acceptors (Lipinski definition) is 15. The summed E-state index contributed by atoms with van der Waals surface area (Å²) in [5, 5.41) is 23.1. The van der Waals surface area contributed by atoms with Crippen molar-refractivity contribution >= 4 is 48.9 Å². The van der Waals surface area contributed by atoms with Crippen molar-refractivity contribution < 1.29 is 19.2 Å². The molecular weight excluding hydrogens is 1090 g/mol. The minimum Gasteiger partial charge on any atom is -0.481 e. The predicted molar refractivity (Wildman–Crippen MR) is 400 cm³/mol. The van der Waals surface area contributed by atoms with Crippen molar-refractivity contribution in [1.29, 1.82) is 0 Å². The SMILES string of the molecule is CC.CC.CC.CC.CC.CC.CC.CC.CC(C)C1=NCCCC1.CC(C)C1=NCCCO1.CC(C)C1C=NNCC1.CC(C)C1C=NOCC1.CC(C)C1CC=NNC1.CC(C)C1CC=NOC1.CC(C)C1CCC=NN1.CC(C)C1CCC=NO1. The number of rotatable bonds is 8. The van der Waals surface area contributed by atoms with Gasteiger partial charge in [-0.3, -0.25) is 9.98 Å². The third kappa shape index (κ3) is 63.5. The highest BCUT2D eigenvalue weighted by atomic mass is 16.6. The van der Waals surface area contributed by atoms with Crippen molar-refractivity contribution in [3.8, 4) is 0 Å². The van der Waals surface area contributed by atoms with E-state index in [1.807, 2.05) is 148 Å². The molecule has 528 valence electrons. The van der Waals surface area contributed by atoms with Gasteiger partial charge in [-0.2, -0.15) is 15.3 Å². The van der Waals surface area contributed by atoms with E-state index < -0.39 is 0 Å². The highest BCUT2D eigenvalue weighted by Gasteiger charge is 2.18. The molecule has 0 aromatic heterocycles. The van der Waals surface area contributed by atoms with E-state index in [2.05, 4.69) is 168 Å². The number of nitrogens with zero attached hydrogens (tertiary/aromatic N) is 8. The van der Waals surface area contributed by atoms with Crippen LogP contribution in [0.25, 0.3) is 0 Å². The molecule has 8 heterocycles. The van der Waals surface area contributed by atoms with E-state index in [1.54, 1.807) is 0 Å². The van der Waals surface area contributed by atoms with Gasteiger partial charge in [-0.15, -0.1) is 0 Å². The fourth-order valence-corrected chi connectivity index (χ4v) is 7.83. The Morgan fingerprint density at radius 2 is 1.01 bits per heavy atom. The molecule has 8 aliphatic rings. The lowest BCUT2D eigenvalue weighted by atomic mass is 9.93. The maximum Gasteiger partial charge on any atom is 0.185 e. The standard InChI is InChI=1S/C8H15N.3C7H14N2.4C7H13NO.8C2H6/c1-7(2)8-5-3-4-6-9-8;2*1-6(2)7-3-4-8-9-5-7;1-6(2)7-4-3-5-8-9-7;1-6(2)7-3-4-9-8-5-7;1-6(2)7-3-4-8-9-5-7;1-6(2)7-8-4-3-5-9-7;1-6(2)7-4-3-5-8-9-7;8*1-2/h7H,3-6H2,1-2H3;5-8H,3-4H2,1-2H3;4,6-7,9H,3,5H2,1-2H3;5-7,9H,3-4H2,1-2H3;5-7H,3-4H2,1-2H3;4,6-7H,3,5H2,1-2H3;6H,3-5H2,1-2H3;5-7H,3-4H2,1-2H3;8*1-2H3. The first-order valence-corrected chi connectivity index (χ1v) is 36.4. The maximum atomic E-state index is 5.29. The summed E-state index contributed by atoms with van der Waals surface area (Å²) in [5.41, 5.74) is 10.4. The van der Waals surface area contributed by atoms with Crippen LogP contribution in [0.1, 0.15) is 299 Å². The van der Waals surface area contributed by atoms with Crippen molar-refractivity contribution in [2.45, 2.75) is 311 Å². The first kappa shape index (κ1) is 100. The van der Waals surface area contributed by atoms with Crippen molar-refractivity contribution in [2.75, 3.05) is 46.0 Å². The van der Waals surface area contributed by atoms with Crippen molar-refractivity contribution in [2.24, 2.45) is 112 Å². The van der Waals surface area contributed by atoms with Gasteiger partial charge in [-0.05, 0) is 118 Å². The second-order valence-corrected chi connectivity index (χ2v) is 22.6. The molecule has 88 heavy (non-hydrogen) atoms. The normalized spacial score (nSPS) is 20.7. The highest BCUT2D eigenvalue weighted by Crippen LogP contribution is 2.19. The number of hydrogen-bond donors (Lipinski definition) is 3. The molecule has 0 spiro atoms. The van der Waals surface area contributed by atoms with E-state index in [-0.39, 0.29) is 0 Å². The summed E-state index contributed by atoms with van der Waals surface area (Å²) in [5.74, 6) is 9.16. The van der Waals surface area contributed by atoms with E-state index in [1.165, 1.54) is 37.8 Å². The molecular formula is C73H157N11O4. The Morgan fingerprint density at radius 3 is 1.28 bits per heavy atom. The molecule has 8 rings (SSSR count). The average molecular weight is 1250 g/mol. The topological polar surface area (TPSA) is 172 Å². The molecule has 0 fully saturated rings. The Labute approximate surface area is 550 Å². The molecule has 6 atom stereocenters. The largest absolute Gasteiger partial charge is 0.481 e. The van der Waals surface area contributed by atoms with Gasteiger partial charge >= 0.3 is 0 Å². The van der Waals surface area contributed by atoms with Crippen LogP contribution in [-0.2, 0) is 19.2 Å². The molecule has 0 saturated carbocycles. The third-order valence-corrected chi connectivity index (χ3v) is 13.7. The van der Waals surface area contributed by atoms with Crippen LogP contribution in [0.15, 0.2) is 40.8 Å². The summed E-state index contributed by atoms with van der Waals surface area (Å²) in [4.78, 5) is 23.5. The first-order chi connectivity index (χ1) is 42.4. The lowest BCUT2D eigenvalue weighted by Gasteiger charge is -2.22. The van der Waals surface area contributed by atoms with Gasteiger partial charge in [0, 0.05) is 105 Å². The molecule has 15 nitrogen and oxygen atoms in total. The number of oxime groups is 3. The quantitative estimate of drug-likeness (QED) is 0.217. The van der Waals surface area contributed by atoms with Crippen LogP contribution in [0, 0.1) is 71.0 Å². The molecule has 15 heteroatoms. The van der Waals surface area contributed by atoms with Crippen LogP contribution >= 0.6 is 0 Å². The minimum atomic E-state index is 0.356. The summed E-state index contributed by atoms with van der Waals surface area (Å²) in [6, 6.07) is 0.606. The number of hydrazone groups is 3. The van der Waals surface area contributed by atoms with Crippen LogP contribution in [0.3, 0.4) is 0 Å². The monoisotopic (exact) mass is 1250 g/mol. The van der Waals surface area contributed by atoms with E-state index in [9.17, 15) is 0 Å². The van der Waals surface area contributed by atoms with Crippen LogP contribution < -0.4 is 16.3 Å². The van der Waals surface area contributed by atoms with Gasteiger partial charge < -0.3 is 35.5 Å². The molecule has 0 bridgehead atoms. The van der Waals surface area contributed by atoms with Gasteiger partial charge in [0.25, 0.3) is 0 Å². The number of nitrogens with one attached hydrogen (secondary N) is 3. The van der Waals surface area contributed by atoms with Crippen LogP contribution in [-0.4, -0.2) is 107 Å². The van der Waals surface area contributed by atoms with Gasteiger partial charge in [-0.25, -0.2) is 0 Å². The van der Waals surface area contributed by atoms with Crippen molar-refractivity contribution in [3.63, 3.8) is 0 Å². The van der Waals surface area contributed by atoms with E-state index in [4.69, 9.17) is 19.2 Å². The van der Waals surface area contributed by atoms with E-state index in [0.717, 1.165) is 121 Å². The van der Waals surface area contributed by atoms with Gasteiger partial charge in [0.05, 0.1) is 6.61 Å². The van der Waals surface area contributed by atoms with Crippen LogP contribution in [0.4, 0.5) is 0 Å². The first-order valence-electron chi connectivity index (χ1n) is 36.4. The van der Waals surface area contributed by atoms with Crippen molar-refractivity contribution in [1.82, 2.24) is 16.3 Å². The van der Waals surface area contributed by atoms with Gasteiger partial charge in [-0.1, -0.05) is 237 Å². The Balaban J connectivity index is -0.000000134. The van der Waals surface area contributed by atoms with Crippen LogP contribution in [0.5, 0.6) is 0 Å². The van der Waals surface area contributed by atoms with Gasteiger partial charge in [0.1, 0.15) is 19.3 Å². The zero-order chi connectivity index (χ0) is 69.5. The molecule has 0 aliphatic carbocycles. The molecule has 0 aromatic carbocycles. The Morgan fingerprint density at radius 1 is 0.443 bits per heavy atom. The summed E-state index contributed by atoms with van der Waals surface area (Å²) in [6.07, 6.45) is 26.0. The average Bonchev–Trinajstić information content (AvgIpc) is 3.61. The van der Waals surface area contributed by atoms with Gasteiger partial charge in [0.2, 0.25) is 0 Å². The highest BCUT2D eigenvalue weighted by molar-refractivity contribution is 5.86. The third-order valence-electron chi connectivity index (χ3n) is 13.7. The molecule has 6 unspecified atom stereocenters. The van der Waals surface area contributed by atoms with Crippen molar-refractivity contribution in [3.05, 3.63) is 0 Å². The maximum absolute atomic E-state index is 5.29. The molecule has 0 aromatic rings. The van der Waals surface area contributed by atoms with E-state index in [0.29, 0.717) is 59.5 Å². The number of aliphatic imine (C=N–C) groups is 2. The summed E-state index contributed by atoms with van der Waals surface area (Å²) in [6.45, 7) is 73.8. The minimum absolute atomic E-state index is 0.356. The summed E-state index contributed by atoms with van der Waals surface area (Å²) >= 11 is 0. The zero-order valence-electron chi connectivity index (χ0n) is 64.7. The second-order valence-electron chi connectivity index (χ2n) is 22.6. The fraction of sp³-hybridized carbons (Fsp3) is 0.890. The molecule has 0 saturated heterocycles. The van der Waals surface area contributed by atoms with E-state index >= 15 is 0 Å². The Hall–Kier alpha value is -4.04. The predicted octanol–water partition coefficient (Wildman–Crippen LogP) is 20.9. The fourth-order valence-electron chi connectivity index (χ4n) is 7.83. The molecule has 8 aliphatic heterocycles. The van der Waals surface area contributed by atoms with Crippen LogP contribution in [0.2, 0.25) is 0 Å². The second kappa shape index (κ2) is 79.1.